The van der Waals surface area contributed by atoms with Crippen LogP contribution in [0.4, 0.5) is 5.82 Å². The molecule has 1 atom stereocenters. The van der Waals surface area contributed by atoms with Gasteiger partial charge in [-0.2, -0.15) is 0 Å². The van der Waals surface area contributed by atoms with E-state index >= 15 is 0 Å². The fraction of sp³-hybridized carbons (Fsp3) is 0.636. The molecule has 0 saturated carbocycles. The molecule has 1 aromatic heterocycles. The standard InChI is InChI=1S/C11H18N4O/c1-3-9-13-10(6-11(16)14-9)15-5-4-8(7-15)12-2/h6,8,12H,3-5,7H2,1-2H3,(H,13,14,16). The molecule has 0 radical (unpaired) electrons. The summed E-state index contributed by atoms with van der Waals surface area (Å²) in [6.07, 6.45) is 1.86. The Morgan fingerprint density at radius 2 is 2.50 bits per heavy atom. The van der Waals surface area contributed by atoms with Crippen molar-refractivity contribution < 1.29 is 0 Å². The van der Waals surface area contributed by atoms with Gasteiger partial charge in [0.15, 0.2) is 0 Å². The molecule has 5 nitrogen and oxygen atoms in total. The highest BCUT2D eigenvalue weighted by molar-refractivity contribution is 5.39. The molecule has 2 N–H and O–H groups in total. The molecule has 5 heteroatoms. The first-order valence-electron chi connectivity index (χ1n) is 5.75. The largest absolute Gasteiger partial charge is 0.355 e. The Balaban J connectivity index is 2.21. The molecule has 1 unspecified atom stereocenters. The zero-order valence-corrected chi connectivity index (χ0v) is 9.79. The maximum Gasteiger partial charge on any atom is 0.252 e. The summed E-state index contributed by atoms with van der Waals surface area (Å²) in [6, 6.07) is 2.09. The molecule has 0 amide bonds. The first kappa shape index (κ1) is 11.1. The fourth-order valence-corrected chi connectivity index (χ4v) is 2.03. The number of hydrogen-bond donors (Lipinski definition) is 2. The molecule has 0 aliphatic carbocycles. The number of anilines is 1. The number of nitrogens with zero attached hydrogens (tertiary/aromatic N) is 2. The van der Waals surface area contributed by atoms with Crippen molar-refractivity contribution >= 4 is 5.82 Å². The van der Waals surface area contributed by atoms with Crippen molar-refractivity contribution in [3.8, 4) is 0 Å². The molecule has 1 aromatic rings. The lowest BCUT2D eigenvalue weighted by Crippen LogP contribution is -2.30. The third-order valence-corrected chi connectivity index (χ3v) is 3.03. The maximum absolute atomic E-state index is 11.4. The van der Waals surface area contributed by atoms with Crippen LogP contribution in [0.15, 0.2) is 10.9 Å². The van der Waals surface area contributed by atoms with E-state index in [-0.39, 0.29) is 5.56 Å². The molecule has 1 aliphatic heterocycles. The number of rotatable bonds is 3. The van der Waals surface area contributed by atoms with Gasteiger partial charge in [-0.05, 0) is 13.5 Å². The van der Waals surface area contributed by atoms with E-state index in [0.717, 1.165) is 37.6 Å². The van der Waals surface area contributed by atoms with Crippen molar-refractivity contribution in [1.82, 2.24) is 15.3 Å². The zero-order chi connectivity index (χ0) is 11.5. The molecule has 0 bridgehead atoms. The molecule has 0 spiro atoms. The van der Waals surface area contributed by atoms with Crippen molar-refractivity contribution in [3.63, 3.8) is 0 Å². The molecular formula is C11H18N4O. The summed E-state index contributed by atoms with van der Waals surface area (Å²) < 4.78 is 0. The van der Waals surface area contributed by atoms with Gasteiger partial charge >= 0.3 is 0 Å². The normalized spacial score (nSPS) is 20.4. The third kappa shape index (κ3) is 2.24. The van der Waals surface area contributed by atoms with E-state index in [2.05, 4.69) is 20.2 Å². The first-order chi connectivity index (χ1) is 7.72. The predicted molar refractivity (Wildman–Crippen MR) is 63.9 cm³/mol. The van der Waals surface area contributed by atoms with Gasteiger partial charge in [0, 0.05) is 31.6 Å². The number of aromatic nitrogens is 2. The second-order valence-electron chi connectivity index (χ2n) is 4.12. The van der Waals surface area contributed by atoms with Gasteiger partial charge in [0.1, 0.15) is 11.6 Å². The van der Waals surface area contributed by atoms with E-state index in [1.165, 1.54) is 0 Å². The van der Waals surface area contributed by atoms with Crippen molar-refractivity contribution in [2.75, 3.05) is 25.0 Å². The highest BCUT2D eigenvalue weighted by Crippen LogP contribution is 2.16. The van der Waals surface area contributed by atoms with Crippen LogP contribution in [0.2, 0.25) is 0 Å². The van der Waals surface area contributed by atoms with E-state index in [4.69, 9.17) is 0 Å². The van der Waals surface area contributed by atoms with E-state index in [9.17, 15) is 4.79 Å². The van der Waals surface area contributed by atoms with Crippen molar-refractivity contribution in [1.29, 1.82) is 0 Å². The van der Waals surface area contributed by atoms with Crippen LogP contribution in [0.1, 0.15) is 19.2 Å². The molecule has 1 saturated heterocycles. The van der Waals surface area contributed by atoms with Crippen molar-refractivity contribution in [3.05, 3.63) is 22.2 Å². The van der Waals surface area contributed by atoms with Crippen molar-refractivity contribution in [2.24, 2.45) is 0 Å². The summed E-state index contributed by atoms with van der Waals surface area (Å²) in [6.45, 7) is 3.88. The van der Waals surface area contributed by atoms with Gasteiger partial charge in [0.2, 0.25) is 0 Å². The van der Waals surface area contributed by atoms with Gasteiger partial charge in [-0.3, -0.25) is 4.79 Å². The quantitative estimate of drug-likeness (QED) is 0.763. The maximum atomic E-state index is 11.4. The summed E-state index contributed by atoms with van der Waals surface area (Å²) in [7, 11) is 1.97. The lowest BCUT2D eigenvalue weighted by atomic mass is 10.3. The minimum atomic E-state index is -0.0604. The van der Waals surface area contributed by atoms with E-state index in [1.54, 1.807) is 6.07 Å². The minimum Gasteiger partial charge on any atom is -0.355 e. The summed E-state index contributed by atoms with van der Waals surface area (Å²) >= 11 is 0. The van der Waals surface area contributed by atoms with Crippen LogP contribution < -0.4 is 15.8 Å². The number of aromatic amines is 1. The van der Waals surface area contributed by atoms with Crippen LogP contribution in [-0.4, -0.2) is 36.1 Å². The molecule has 2 rings (SSSR count). The molecule has 2 heterocycles. The van der Waals surface area contributed by atoms with Gasteiger partial charge in [-0.1, -0.05) is 6.92 Å². The first-order valence-corrected chi connectivity index (χ1v) is 5.75. The molecule has 1 fully saturated rings. The SMILES string of the molecule is CCc1nc(N2CCC(NC)C2)cc(=O)[nH]1. The predicted octanol–water partition coefficient (Wildman–Crippen LogP) is 0.130. The van der Waals surface area contributed by atoms with Crippen molar-refractivity contribution in [2.45, 2.75) is 25.8 Å². The van der Waals surface area contributed by atoms with Crippen LogP contribution in [0.5, 0.6) is 0 Å². The summed E-state index contributed by atoms with van der Waals surface area (Å²) in [5, 5.41) is 3.25. The molecular weight excluding hydrogens is 204 g/mol. The summed E-state index contributed by atoms with van der Waals surface area (Å²) in [4.78, 5) is 20.8. The Labute approximate surface area is 94.9 Å². The average molecular weight is 222 g/mol. The average Bonchev–Trinajstić information content (AvgIpc) is 2.76. The number of hydrogen-bond acceptors (Lipinski definition) is 4. The van der Waals surface area contributed by atoms with E-state index in [1.807, 2.05) is 14.0 Å². The second kappa shape index (κ2) is 4.65. The number of likely N-dealkylation sites (N-methyl/N-ethyl adjacent to an activating group) is 1. The Morgan fingerprint density at radius 3 is 3.12 bits per heavy atom. The smallest absolute Gasteiger partial charge is 0.252 e. The van der Waals surface area contributed by atoms with Gasteiger partial charge in [-0.25, -0.2) is 4.98 Å². The van der Waals surface area contributed by atoms with Crippen LogP contribution in [0.25, 0.3) is 0 Å². The van der Waals surface area contributed by atoms with Gasteiger partial charge < -0.3 is 15.2 Å². The number of H-pyrrole nitrogens is 1. The van der Waals surface area contributed by atoms with Gasteiger partial charge in [-0.15, -0.1) is 0 Å². The molecule has 16 heavy (non-hydrogen) atoms. The second-order valence-corrected chi connectivity index (χ2v) is 4.12. The summed E-state index contributed by atoms with van der Waals surface area (Å²) in [5.41, 5.74) is -0.0604. The lowest BCUT2D eigenvalue weighted by Gasteiger charge is -2.17. The highest BCUT2D eigenvalue weighted by atomic mass is 16.1. The summed E-state index contributed by atoms with van der Waals surface area (Å²) in [5.74, 6) is 1.56. The number of aryl methyl sites for hydroxylation is 1. The number of nitrogens with one attached hydrogen (secondary N) is 2. The van der Waals surface area contributed by atoms with Crippen LogP contribution >= 0.6 is 0 Å². The van der Waals surface area contributed by atoms with E-state index < -0.39 is 0 Å². The van der Waals surface area contributed by atoms with Crippen LogP contribution in [0.3, 0.4) is 0 Å². The topological polar surface area (TPSA) is 61.0 Å². The zero-order valence-electron chi connectivity index (χ0n) is 9.79. The lowest BCUT2D eigenvalue weighted by molar-refractivity contribution is 0.616. The highest BCUT2D eigenvalue weighted by Gasteiger charge is 2.22. The molecule has 0 aromatic carbocycles. The Kier molecular flexibility index (Phi) is 3.24. The fourth-order valence-electron chi connectivity index (χ4n) is 2.03. The molecule has 1 aliphatic rings. The third-order valence-electron chi connectivity index (χ3n) is 3.03. The monoisotopic (exact) mass is 222 g/mol. The van der Waals surface area contributed by atoms with Crippen LogP contribution in [0, 0.1) is 0 Å². The minimum absolute atomic E-state index is 0.0604. The molecule has 88 valence electrons. The van der Waals surface area contributed by atoms with Crippen LogP contribution in [-0.2, 0) is 6.42 Å². The Bertz CT molecular complexity index is 415. The Morgan fingerprint density at radius 1 is 1.69 bits per heavy atom. The van der Waals surface area contributed by atoms with Gasteiger partial charge in [0.05, 0.1) is 0 Å². The van der Waals surface area contributed by atoms with E-state index in [0.29, 0.717) is 6.04 Å². The Hall–Kier alpha value is -1.36. The van der Waals surface area contributed by atoms with Gasteiger partial charge in [0.25, 0.3) is 5.56 Å².